The van der Waals surface area contributed by atoms with Gasteiger partial charge in [-0.3, -0.25) is 4.79 Å². The number of para-hydroxylation sites is 1. The van der Waals surface area contributed by atoms with E-state index >= 15 is 0 Å². The molecule has 9 heteroatoms. The van der Waals surface area contributed by atoms with Crippen molar-refractivity contribution in [3.8, 4) is 5.75 Å². The zero-order valence-electron chi connectivity index (χ0n) is 18.5. The second-order valence-electron chi connectivity index (χ2n) is 7.20. The number of fused-ring (bicyclic) bond motifs is 2. The van der Waals surface area contributed by atoms with Crippen LogP contribution in [0.3, 0.4) is 0 Å². The number of thioether (sulfide) groups is 1. The molecule has 0 aliphatic carbocycles. The standard InChI is InChI=1S/C24H23N3O4S2/c1-4-31-23(29)15-8-9-17-19(13-15)33-24(25-17)26-20(28)10-11-32-21-12-14(2)16-6-5-7-18(30-3)22(16)27-21/h5-9,12-13H,4,10-11H2,1-3H3,(H,25,26,28). The van der Waals surface area contributed by atoms with Gasteiger partial charge in [-0.25, -0.2) is 14.8 Å². The number of ether oxygens (including phenoxy) is 2. The summed E-state index contributed by atoms with van der Waals surface area (Å²) in [4.78, 5) is 33.5. The van der Waals surface area contributed by atoms with Crippen LogP contribution in [0.15, 0.2) is 47.5 Å². The number of esters is 1. The normalized spacial score (nSPS) is 11.0. The molecule has 33 heavy (non-hydrogen) atoms. The lowest BCUT2D eigenvalue weighted by Gasteiger charge is -2.09. The van der Waals surface area contributed by atoms with Crippen molar-refractivity contribution >= 4 is 61.2 Å². The predicted molar refractivity (Wildman–Crippen MR) is 133 cm³/mol. The number of thiazole rings is 1. The Hall–Kier alpha value is -3.17. The van der Waals surface area contributed by atoms with Crippen LogP contribution < -0.4 is 10.1 Å². The zero-order chi connectivity index (χ0) is 23.4. The Balaban J connectivity index is 1.38. The van der Waals surface area contributed by atoms with Gasteiger partial charge in [0.05, 0.1) is 34.5 Å². The van der Waals surface area contributed by atoms with Gasteiger partial charge in [-0.15, -0.1) is 11.8 Å². The average Bonchev–Trinajstić information content (AvgIpc) is 3.20. The third kappa shape index (κ3) is 5.26. The minimum atomic E-state index is -0.370. The molecule has 0 fully saturated rings. The van der Waals surface area contributed by atoms with Crippen LogP contribution >= 0.6 is 23.1 Å². The van der Waals surface area contributed by atoms with Gasteiger partial charge < -0.3 is 14.8 Å². The Labute approximate surface area is 199 Å². The van der Waals surface area contributed by atoms with Gasteiger partial charge in [0.2, 0.25) is 5.91 Å². The van der Waals surface area contributed by atoms with Crippen molar-refractivity contribution in [1.82, 2.24) is 9.97 Å². The lowest BCUT2D eigenvalue weighted by molar-refractivity contribution is -0.115. The second kappa shape index (κ2) is 10.2. The SMILES string of the molecule is CCOC(=O)c1ccc2nc(NC(=O)CCSc3cc(C)c4cccc(OC)c4n3)sc2c1. The van der Waals surface area contributed by atoms with Gasteiger partial charge in [0.1, 0.15) is 11.3 Å². The highest BCUT2D eigenvalue weighted by atomic mass is 32.2. The van der Waals surface area contributed by atoms with Crippen molar-refractivity contribution in [3.05, 3.63) is 53.6 Å². The van der Waals surface area contributed by atoms with Gasteiger partial charge in [0, 0.05) is 17.6 Å². The van der Waals surface area contributed by atoms with Crippen molar-refractivity contribution < 1.29 is 19.1 Å². The van der Waals surface area contributed by atoms with Crippen LogP contribution in [0.2, 0.25) is 0 Å². The van der Waals surface area contributed by atoms with E-state index in [9.17, 15) is 9.59 Å². The molecule has 4 rings (SSSR count). The number of hydrogen-bond donors (Lipinski definition) is 1. The van der Waals surface area contributed by atoms with E-state index in [0.717, 1.165) is 37.5 Å². The van der Waals surface area contributed by atoms with E-state index in [1.807, 2.05) is 31.2 Å². The molecule has 0 unspecified atom stereocenters. The first-order valence-electron chi connectivity index (χ1n) is 10.4. The van der Waals surface area contributed by atoms with Crippen LogP contribution in [0.1, 0.15) is 29.3 Å². The van der Waals surface area contributed by atoms with Crippen molar-refractivity contribution in [1.29, 1.82) is 0 Å². The molecular weight excluding hydrogens is 458 g/mol. The Kier molecular flexibility index (Phi) is 7.10. The van der Waals surface area contributed by atoms with Crippen LogP contribution in [-0.2, 0) is 9.53 Å². The van der Waals surface area contributed by atoms with Gasteiger partial charge >= 0.3 is 5.97 Å². The first-order valence-corrected chi connectivity index (χ1v) is 12.2. The molecule has 1 amide bonds. The molecule has 0 saturated carbocycles. The van der Waals surface area contributed by atoms with Gasteiger partial charge in [0.15, 0.2) is 5.13 Å². The topological polar surface area (TPSA) is 90.4 Å². The van der Waals surface area contributed by atoms with Crippen LogP contribution in [0, 0.1) is 6.92 Å². The number of anilines is 1. The van der Waals surface area contributed by atoms with Crippen molar-refractivity contribution in [3.63, 3.8) is 0 Å². The van der Waals surface area contributed by atoms with Crippen molar-refractivity contribution in [2.75, 3.05) is 24.8 Å². The smallest absolute Gasteiger partial charge is 0.338 e. The monoisotopic (exact) mass is 481 g/mol. The van der Waals surface area contributed by atoms with E-state index in [1.54, 1.807) is 32.2 Å². The molecule has 0 radical (unpaired) electrons. The Morgan fingerprint density at radius 3 is 2.79 bits per heavy atom. The second-order valence-corrected chi connectivity index (χ2v) is 9.35. The molecule has 4 aromatic rings. The first kappa shape index (κ1) is 23.0. The van der Waals surface area contributed by atoms with Crippen LogP contribution in [-0.4, -0.2) is 41.3 Å². The van der Waals surface area contributed by atoms with E-state index in [4.69, 9.17) is 14.5 Å². The average molecular weight is 482 g/mol. The van der Waals surface area contributed by atoms with E-state index in [2.05, 4.69) is 10.3 Å². The molecular formula is C24H23N3O4S2. The summed E-state index contributed by atoms with van der Waals surface area (Å²) in [7, 11) is 1.63. The number of pyridine rings is 1. The van der Waals surface area contributed by atoms with Gasteiger partial charge in [-0.05, 0) is 49.7 Å². The number of rotatable bonds is 8. The fourth-order valence-corrected chi connectivity index (χ4v) is 5.18. The molecule has 2 aromatic carbocycles. The summed E-state index contributed by atoms with van der Waals surface area (Å²) >= 11 is 2.86. The number of aromatic nitrogens is 2. The largest absolute Gasteiger partial charge is 0.494 e. The fraction of sp³-hybridized carbons (Fsp3) is 0.250. The Morgan fingerprint density at radius 2 is 2.00 bits per heavy atom. The molecule has 0 atom stereocenters. The molecule has 7 nitrogen and oxygen atoms in total. The maximum atomic E-state index is 12.4. The number of carbonyl (C=O) groups excluding carboxylic acids is 2. The molecule has 0 saturated heterocycles. The molecule has 1 N–H and O–H groups in total. The summed E-state index contributed by atoms with van der Waals surface area (Å²) < 4.78 is 11.3. The van der Waals surface area contributed by atoms with Crippen LogP contribution in [0.25, 0.3) is 21.1 Å². The molecule has 2 aromatic heterocycles. The summed E-state index contributed by atoms with van der Waals surface area (Å²) in [5.41, 5.74) is 3.13. The van der Waals surface area contributed by atoms with Crippen molar-refractivity contribution in [2.24, 2.45) is 0 Å². The lowest BCUT2D eigenvalue weighted by Crippen LogP contribution is -2.11. The maximum Gasteiger partial charge on any atom is 0.338 e. The van der Waals surface area contributed by atoms with Gasteiger partial charge in [-0.1, -0.05) is 23.5 Å². The highest BCUT2D eigenvalue weighted by Gasteiger charge is 2.13. The summed E-state index contributed by atoms with van der Waals surface area (Å²) in [6, 6.07) is 13.1. The summed E-state index contributed by atoms with van der Waals surface area (Å²) in [5, 5.41) is 5.26. The number of carbonyl (C=O) groups is 2. The van der Waals surface area contributed by atoms with Crippen LogP contribution in [0.4, 0.5) is 5.13 Å². The molecule has 0 aliphatic rings. The highest BCUT2D eigenvalue weighted by molar-refractivity contribution is 7.99. The summed E-state index contributed by atoms with van der Waals surface area (Å²) in [5.74, 6) is 0.821. The summed E-state index contributed by atoms with van der Waals surface area (Å²) in [6.07, 6.45) is 0.319. The molecule has 0 aliphatic heterocycles. The number of hydrogen-bond acceptors (Lipinski definition) is 8. The number of methoxy groups -OCH3 is 1. The quantitative estimate of drug-likeness (QED) is 0.264. The van der Waals surface area contributed by atoms with Gasteiger partial charge in [-0.2, -0.15) is 0 Å². The maximum absolute atomic E-state index is 12.4. The van der Waals surface area contributed by atoms with E-state index in [0.29, 0.717) is 29.5 Å². The number of amides is 1. The third-order valence-corrected chi connectivity index (χ3v) is 6.78. The number of benzene rings is 2. The minimum Gasteiger partial charge on any atom is -0.494 e. The van der Waals surface area contributed by atoms with E-state index in [-0.39, 0.29) is 11.9 Å². The lowest BCUT2D eigenvalue weighted by atomic mass is 10.1. The van der Waals surface area contributed by atoms with E-state index in [1.165, 1.54) is 23.1 Å². The fourth-order valence-electron chi connectivity index (χ4n) is 3.35. The molecule has 2 heterocycles. The van der Waals surface area contributed by atoms with Crippen molar-refractivity contribution in [2.45, 2.75) is 25.3 Å². The predicted octanol–water partition coefficient (Wildman–Crippen LogP) is 5.46. The van der Waals surface area contributed by atoms with Gasteiger partial charge in [0.25, 0.3) is 0 Å². The molecule has 0 spiro atoms. The first-order chi connectivity index (χ1) is 16.0. The number of aryl methyl sites for hydroxylation is 1. The molecule has 170 valence electrons. The molecule has 0 bridgehead atoms. The Bertz CT molecular complexity index is 1340. The minimum absolute atomic E-state index is 0.123. The third-order valence-electron chi connectivity index (χ3n) is 4.93. The Morgan fingerprint density at radius 1 is 1.15 bits per heavy atom. The zero-order valence-corrected chi connectivity index (χ0v) is 20.1. The summed E-state index contributed by atoms with van der Waals surface area (Å²) in [6.45, 7) is 4.13. The number of nitrogens with one attached hydrogen (secondary N) is 1. The number of nitrogens with zero attached hydrogens (tertiary/aromatic N) is 2. The van der Waals surface area contributed by atoms with E-state index < -0.39 is 0 Å². The van der Waals surface area contributed by atoms with Crippen LogP contribution in [0.5, 0.6) is 5.75 Å². The highest BCUT2D eigenvalue weighted by Crippen LogP contribution is 2.30.